The lowest BCUT2D eigenvalue weighted by Crippen LogP contribution is -2.08. The number of amides is 1. The Morgan fingerprint density at radius 1 is 1.20 bits per heavy atom. The van der Waals surface area contributed by atoms with Gasteiger partial charge in [-0.1, -0.05) is 30.3 Å². The first-order chi connectivity index (χ1) is 12.2. The molecule has 0 aliphatic heterocycles. The van der Waals surface area contributed by atoms with Gasteiger partial charge in [0.1, 0.15) is 5.82 Å². The summed E-state index contributed by atoms with van der Waals surface area (Å²) in [6.45, 7) is 0.590. The van der Waals surface area contributed by atoms with E-state index >= 15 is 0 Å². The minimum absolute atomic E-state index is 0.147. The van der Waals surface area contributed by atoms with Gasteiger partial charge in [0.25, 0.3) is 0 Å². The standard InChI is InChI=1S/C20H16FN3O/c21-17-7-2-3-8-18(17)23-20(25)11-10-15-14-24(13-5-12-22)19-9-4-1-6-16(15)19/h1-4,6-11,14H,5,13H2,(H,23,25)/b11-10+. The Morgan fingerprint density at radius 2 is 1.96 bits per heavy atom. The Kier molecular flexibility index (Phi) is 4.91. The molecule has 0 saturated heterocycles. The molecule has 0 fully saturated rings. The van der Waals surface area contributed by atoms with E-state index in [-0.39, 0.29) is 5.69 Å². The fourth-order valence-electron chi connectivity index (χ4n) is 2.67. The number of carbonyl (C=O) groups is 1. The second-order valence-corrected chi connectivity index (χ2v) is 5.51. The summed E-state index contributed by atoms with van der Waals surface area (Å²) in [4.78, 5) is 12.0. The predicted octanol–water partition coefficient (Wildman–Crippen LogP) is 4.35. The summed E-state index contributed by atoms with van der Waals surface area (Å²) in [7, 11) is 0. The number of nitrogens with one attached hydrogen (secondary N) is 1. The van der Waals surface area contributed by atoms with Crippen molar-refractivity contribution in [3.05, 3.63) is 72.2 Å². The highest BCUT2D eigenvalue weighted by Crippen LogP contribution is 2.23. The summed E-state index contributed by atoms with van der Waals surface area (Å²) in [6.07, 6.45) is 5.40. The van der Waals surface area contributed by atoms with Gasteiger partial charge in [0.05, 0.1) is 18.2 Å². The van der Waals surface area contributed by atoms with Crippen molar-refractivity contribution in [2.45, 2.75) is 13.0 Å². The Balaban J connectivity index is 1.82. The second kappa shape index (κ2) is 7.45. The highest BCUT2D eigenvalue weighted by Gasteiger charge is 2.07. The average Bonchev–Trinajstić information content (AvgIpc) is 2.98. The van der Waals surface area contributed by atoms with Gasteiger partial charge < -0.3 is 9.88 Å². The van der Waals surface area contributed by atoms with Crippen LogP contribution in [0.5, 0.6) is 0 Å². The van der Waals surface area contributed by atoms with Crippen LogP contribution in [-0.4, -0.2) is 10.5 Å². The number of halogens is 1. The van der Waals surface area contributed by atoms with Gasteiger partial charge in [-0.05, 0) is 24.3 Å². The zero-order valence-electron chi connectivity index (χ0n) is 13.4. The molecule has 0 bridgehead atoms. The third kappa shape index (κ3) is 3.75. The minimum Gasteiger partial charge on any atom is -0.346 e. The van der Waals surface area contributed by atoms with Crippen molar-refractivity contribution in [1.29, 1.82) is 5.26 Å². The molecule has 1 N–H and O–H groups in total. The van der Waals surface area contributed by atoms with Crippen LogP contribution in [0.2, 0.25) is 0 Å². The Morgan fingerprint density at radius 3 is 2.76 bits per heavy atom. The summed E-state index contributed by atoms with van der Waals surface area (Å²) in [5, 5.41) is 12.3. The maximum Gasteiger partial charge on any atom is 0.248 e. The summed E-state index contributed by atoms with van der Waals surface area (Å²) in [5.41, 5.74) is 2.03. The number of para-hydroxylation sites is 2. The molecule has 4 nitrogen and oxygen atoms in total. The summed E-state index contributed by atoms with van der Waals surface area (Å²) in [5.74, 6) is -0.878. The Labute approximate surface area is 144 Å². The number of rotatable bonds is 5. The van der Waals surface area contributed by atoms with Gasteiger partial charge >= 0.3 is 0 Å². The lowest BCUT2D eigenvalue weighted by Gasteiger charge is -2.02. The van der Waals surface area contributed by atoms with Gasteiger partial charge in [0, 0.05) is 35.3 Å². The zero-order valence-corrected chi connectivity index (χ0v) is 13.4. The summed E-state index contributed by atoms with van der Waals surface area (Å²) < 4.78 is 15.6. The fourth-order valence-corrected chi connectivity index (χ4v) is 2.67. The Hall–Kier alpha value is -3.39. The molecular weight excluding hydrogens is 317 g/mol. The van der Waals surface area contributed by atoms with Crippen LogP contribution in [0.25, 0.3) is 17.0 Å². The van der Waals surface area contributed by atoms with Crippen LogP contribution in [0.3, 0.4) is 0 Å². The molecule has 0 radical (unpaired) electrons. The van der Waals surface area contributed by atoms with Crippen molar-refractivity contribution in [2.24, 2.45) is 0 Å². The molecule has 5 heteroatoms. The number of nitrogens with zero attached hydrogens (tertiary/aromatic N) is 2. The first kappa shape index (κ1) is 16.5. The third-order valence-electron chi connectivity index (χ3n) is 3.83. The van der Waals surface area contributed by atoms with Gasteiger partial charge in [-0.25, -0.2) is 4.39 Å². The molecule has 0 saturated carbocycles. The second-order valence-electron chi connectivity index (χ2n) is 5.51. The van der Waals surface area contributed by atoms with Crippen molar-refractivity contribution >= 4 is 28.6 Å². The molecule has 0 aliphatic carbocycles. The van der Waals surface area contributed by atoms with Crippen molar-refractivity contribution in [1.82, 2.24) is 4.57 Å². The van der Waals surface area contributed by atoms with E-state index < -0.39 is 11.7 Å². The molecule has 0 atom stereocenters. The smallest absolute Gasteiger partial charge is 0.248 e. The molecule has 124 valence electrons. The van der Waals surface area contributed by atoms with Crippen LogP contribution in [0.15, 0.2) is 60.8 Å². The van der Waals surface area contributed by atoms with Crippen LogP contribution >= 0.6 is 0 Å². The van der Waals surface area contributed by atoms with E-state index in [2.05, 4.69) is 11.4 Å². The maximum atomic E-state index is 13.6. The summed E-state index contributed by atoms with van der Waals surface area (Å²) >= 11 is 0. The molecule has 0 spiro atoms. The molecule has 25 heavy (non-hydrogen) atoms. The lowest BCUT2D eigenvalue weighted by molar-refractivity contribution is -0.111. The number of hydrogen-bond acceptors (Lipinski definition) is 2. The monoisotopic (exact) mass is 333 g/mol. The van der Waals surface area contributed by atoms with Gasteiger partial charge in [0.2, 0.25) is 5.91 Å². The van der Waals surface area contributed by atoms with Crippen LogP contribution in [0.4, 0.5) is 10.1 Å². The molecule has 0 unspecified atom stereocenters. The number of benzene rings is 2. The molecule has 1 heterocycles. The highest BCUT2D eigenvalue weighted by atomic mass is 19.1. The van der Waals surface area contributed by atoms with E-state index in [0.29, 0.717) is 13.0 Å². The van der Waals surface area contributed by atoms with Crippen molar-refractivity contribution < 1.29 is 9.18 Å². The van der Waals surface area contributed by atoms with Gasteiger partial charge in [-0.3, -0.25) is 4.79 Å². The fraction of sp³-hybridized carbons (Fsp3) is 0.100. The minimum atomic E-state index is -0.475. The normalized spacial score (nSPS) is 10.9. The Bertz CT molecular complexity index is 982. The topological polar surface area (TPSA) is 57.8 Å². The first-order valence-corrected chi connectivity index (χ1v) is 7.87. The molecular formula is C20H16FN3O. The summed E-state index contributed by atoms with van der Waals surface area (Å²) in [6, 6.07) is 16.0. The third-order valence-corrected chi connectivity index (χ3v) is 3.83. The molecule has 3 rings (SSSR count). The first-order valence-electron chi connectivity index (χ1n) is 7.87. The molecule has 1 amide bonds. The molecule has 3 aromatic rings. The number of hydrogen-bond donors (Lipinski definition) is 1. The number of aromatic nitrogens is 1. The van der Waals surface area contributed by atoms with Crippen LogP contribution in [0, 0.1) is 17.1 Å². The number of nitriles is 1. The van der Waals surface area contributed by atoms with Gasteiger partial charge in [-0.15, -0.1) is 0 Å². The molecule has 0 aliphatic rings. The van der Waals surface area contributed by atoms with E-state index in [0.717, 1.165) is 16.5 Å². The van der Waals surface area contributed by atoms with Crippen LogP contribution < -0.4 is 5.32 Å². The lowest BCUT2D eigenvalue weighted by atomic mass is 10.1. The highest BCUT2D eigenvalue weighted by molar-refractivity contribution is 6.03. The van der Waals surface area contributed by atoms with Gasteiger partial charge in [-0.2, -0.15) is 5.26 Å². The van der Waals surface area contributed by atoms with E-state index in [1.807, 2.05) is 35.0 Å². The number of fused-ring (bicyclic) bond motifs is 1. The quantitative estimate of drug-likeness (QED) is 0.706. The van der Waals surface area contributed by atoms with E-state index in [4.69, 9.17) is 5.26 Å². The van der Waals surface area contributed by atoms with E-state index in [1.165, 1.54) is 18.2 Å². The SMILES string of the molecule is N#CCCn1cc(/C=C/C(=O)Nc2ccccc2F)c2ccccc21. The van der Waals surface area contributed by atoms with Crippen molar-refractivity contribution in [3.63, 3.8) is 0 Å². The average molecular weight is 333 g/mol. The van der Waals surface area contributed by atoms with Gasteiger partial charge in [0.15, 0.2) is 0 Å². The van der Waals surface area contributed by atoms with E-state index in [9.17, 15) is 9.18 Å². The zero-order chi connectivity index (χ0) is 17.6. The van der Waals surface area contributed by atoms with Crippen LogP contribution in [-0.2, 0) is 11.3 Å². The van der Waals surface area contributed by atoms with E-state index in [1.54, 1.807) is 18.2 Å². The number of anilines is 1. The largest absolute Gasteiger partial charge is 0.346 e. The number of carbonyl (C=O) groups excluding carboxylic acids is 1. The van der Waals surface area contributed by atoms with Crippen molar-refractivity contribution in [2.75, 3.05) is 5.32 Å². The molecule has 2 aromatic carbocycles. The van der Waals surface area contributed by atoms with Crippen molar-refractivity contribution in [3.8, 4) is 6.07 Å². The number of aryl methyl sites for hydroxylation is 1. The predicted molar refractivity (Wildman–Crippen MR) is 96.2 cm³/mol. The maximum absolute atomic E-state index is 13.6. The molecule has 1 aromatic heterocycles. The van der Waals surface area contributed by atoms with Crippen LogP contribution in [0.1, 0.15) is 12.0 Å².